The summed E-state index contributed by atoms with van der Waals surface area (Å²) in [7, 11) is 1.64. The summed E-state index contributed by atoms with van der Waals surface area (Å²) in [5.74, 6) is 1.34. The number of aromatic nitrogens is 2. The van der Waals surface area contributed by atoms with Gasteiger partial charge in [0.05, 0.1) is 7.11 Å². The Morgan fingerprint density at radius 2 is 2.05 bits per heavy atom. The second-order valence-corrected chi connectivity index (χ2v) is 5.16. The minimum absolute atomic E-state index is 0.530. The van der Waals surface area contributed by atoms with Gasteiger partial charge in [0.2, 0.25) is 5.82 Å². The smallest absolute Gasteiger partial charge is 0.328 e. The number of nitrogens with zero attached hydrogens (tertiary/aromatic N) is 3. The Morgan fingerprint density at radius 3 is 2.95 bits per heavy atom. The van der Waals surface area contributed by atoms with Crippen LogP contribution in [0.3, 0.4) is 0 Å². The molecule has 0 fully saturated rings. The van der Waals surface area contributed by atoms with E-state index >= 15 is 0 Å². The third kappa shape index (κ3) is 2.11. The second-order valence-electron chi connectivity index (χ2n) is 5.16. The summed E-state index contributed by atoms with van der Waals surface area (Å²) in [6, 6.07) is 16.5. The highest BCUT2D eigenvalue weighted by atomic mass is 16.5. The lowest BCUT2D eigenvalue weighted by molar-refractivity contribution is 0.414. The zero-order chi connectivity index (χ0) is 14.9. The zero-order valence-corrected chi connectivity index (χ0v) is 12.2. The Hall–Kier alpha value is -2.82. The lowest BCUT2D eigenvalue weighted by Crippen LogP contribution is -2.13. The number of hydrogen-bond donors (Lipinski definition) is 0. The fourth-order valence-corrected chi connectivity index (χ4v) is 2.74. The Bertz CT molecular complexity index is 813. The SMILES string of the molecule is COc1cccc(-c2noc(N3CCc4ccccc43)n2)c1. The van der Waals surface area contributed by atoms with Crippen molar-refractivity contribution in [3.63, 3.8) is 0 Å². The molecule has 0 saturated carbocycles. The highest BCUT2D eigenvalue weighted by Crippen LogP contribution is 2.34. The van der Waals surface area contributed by atoms with Crippen LogP contribution in [-0.2, 0) is 6.42 Å². The molecule has 5 heteroatoms. The molecule has 0 spiro atoms. The first kappa shape index (κ1) is 12.9. The summed E-state index contributed by atoms with van der Waals surface area (Å²) in [5.41, 5.74) is 3.33. The maximum atomic E-state index is 5.46. The fraction of sp³-hybridized carbons (Fsp3) is 0.176. The number of ether oxygens (including phenoxy) is 1. The van der Waals surface area contributed by atoms with Crippen molar-refractivity contribution < 1.29 is 9.26 Å². The van der Waals surface area contributed by atoms with Gasteiger partial charge < -0.3 is 9.26 Å². The molecule has 4 rings (SSSR count). The van der Waals surface area contributed by atoms with E-state index in [9.17, 15) is 0 Å². The molecule has 110 valence electrons. The fourth-order valence-electron chi connectivity index (χ4n) is 2.74. The van der Waals surface area contributed by atoms with Crippen molar-refractivity contribution in [2.45, 2.75) is 6.42 Å². The van der Waals surface area contributed by atoms with Crippen LogP contribution in [0, 0.1) is 0 Å². The molecule has 0 saturated heterocycles. The largest absolute Gasteiger partial charge is 0.497 e. The number of benzene rings is 2. The molecule has 5 nitrogen and oxygen atoms in total. The van der Waals surface area contributed by atoms with E-state index in [1.54, 1.807) is 7.11 Å². The van der Waals surface area contributed by atoms with E-state index < -0.39 is 0 Å². The van der Waals surface area contributed by atoms with Crippen LogP contribution < -0.4 is 9.64 Å². The number of para-hydroxylation sites is 1. The number of fused-ring (bicyclic) bond motifs is 1. The highest BCUT2D eigenvalue weighted by molar-refractivity contribution is 5.66. The number of hydrogen-bond acceptors (Lipinski definition) is 5. The Kier molecular flexibility index (Phi) is 3.04. The van der Waals surface area contributed by atoms with Crippen LogP contribution in [0.1, 0.15) is 5.56 Å². The third-order valence-electron chi connectivity index (χ3n) is 3.86. The molecule has 0 N–H and O–H groups in total. The highest BCUT2D eigenvalue weighted by Gasteiger charge is 2.24. The number of rotatable bonds is 3. The van der Waals surface area contributed by atoms with Crippen LogP contribution in [0.5, 0.6) is 5.75 Å². The van der Waals surface area contributed by atoms with Crippen LogP contribution in [0.25, 0.3) is 11.4 Å². The van der Waals surface area contributed by atoms with Gasteiger partial charge in [0.15, 0.2) is 0 Å². The molecule has 2 heterocycles. The first-order chi connectivity index (χ1) is 10.8. The van der Waals surface area contributed by atoms with Crippen molar-refractivity contribution in [3.05, 3.63) is 54.1 Å². The minimum atomic E-state index is 0.530. The molecule has 0 radical (unpaired) electrons. The second kappa shape index (κ2) is 5.18. The Labute approximate surface area is 128 Å². The van der Waals surface area contributed by atoms with Gasteiger partial charge in [-0.05, 0) is 30.2 Å². The maximum Gasteiger partial charge on any atom is 0.328 e. The molecule has 3 aromatic rings. The van der Waals surface area contributed by atoms with Gasteiger partial charge in [-0.2, -0.15) is 4.98 Å². The number of anilines is 2. The quantitative estimate of drug-likeness (QED) is 0.740. The molecule has 1 aliphatic heterocycles. The predicted molar refractivity (Wildman–Crippen MR) is 83.4 cm³/mol. The summed E-state index contributed by atoms with van der Waals surface area (Å²) >= 11 is 0. The van der Waals surface area contributed by atoms with E-state index in [-0.39, 0.29) is 0 Å². The maximum absolute atomic E-state index is 5.46. The van der Waals surface area contributed by atoms with Gasteiger partial charge in [0.25, 0.3) is 0 Å². The topological polar surface area (TPSA) is 51.4 Å². The van der Waals surface area contributed by atoms with E-state index in [2.05, 4.69) is 33.2 Å². The molecule has 22 heavy (non-hydrogen) atoms. The molecule has 0 atom stereocenters. The van der Waals surface area contributed by atoms with E-state index in [1.165, 1.54) is 5.56 Å². The molecular formula is C17H15N3O2. The average Bonchev–Trinajstić information content (AvgIpc) is 3.21. The Balaban J connectivity index is 1.68. The van der Waals surface area contributed by atoms with Crippen LogP contribution in [0.4, 0.5) is 11.7 Å². The van der Waals surface area contributed by atoms with Gasteiger partial charge in [0.1, 0.15) is 5.75 Å². The first-order valence-corrected chi connectivity index (χ1v) is 7.19. The van der Waals surface area contributed by atoms with Gasteiger partial charge in [-0.1, -0.05) is 35.5 Å². The first-order valence-electron chi connectivity index (χ1n) is 7.19. The molecular weight excluding hydrogens is 278 g/mol. The molecule has 0 unspecified atom stereocenters. The molecule has 0 amide bonds. The lowest BCUT2D eigenvalue weighted by Gasteiger charge is -2.12. The summed E-state index contributed by atoms with van der Waals surface area (Å²) in [6.07, 6.45) is 0.993. The van der Waals surface area contributed by atoms with Crippen molar-refractivity contribution in [1.29, 1.82) is 0 Å². The van der Waals surface area contributed by atoms with Crippen LogP contribution >= 0.6 is 0 Å². The standard InChI is InChI=1S/C17H15N3O2/c1-21-14-7-4-6-13(11-14)16-18-17(22-19-16)20-10-9-12-5-2-3-8-15(12)20/h2-8,11H,9-10H2,1H3. The van der Waals surface area contributed by atoms with E-state index in [1.807, 2.05) is 30.3 Å². The lowest BCUT2D eigenvalue weighted by atomic mass is 10.2. The molecule has 0 bridgehead atoms. The van der Waals surface area contributed by atoms with Gasteiger partial charge in [-0.15, -0.1) is 0 Å². The van der Waals surface area contributed by atoms with Gasteiger partial charge in [0, 0.05) is 17.8 Å². The third-order valence-corrected chi connectivity index (χ3v) is 3.86. The normalized spacial score (nSPS) is 13.2. The van der Waals surface area contributed by atoms with Crippen molar-refractivity contribution in [1.82, 2.24) is 10.1 Å². The molecule has 1 aromatic heterocycles. The zero-order valence-electron chi connectivity index (χ0n) is 12.2. The summed E-state index contributed by atoms with van der Waals surface area (Å²) in [6.45, 7) is 0.860. The van der Waals surface area contributed by atoms with Crippen LogP contribution in [-0.4, -0.2) is 23.8 Å². The van der Waals surface area contributed by atoms with E-state index in [0.717, 1.165) is 30.0 Å². The van der Waals surface area contributed by atoms with Gasteiger partial charge in [-0.25, -0.2) is 0 Å². The molecule has 1 aliphatic rings. The minimum Gasteiger partial charge on any atom is -0.497 e. The van der Waals surface area contributed by atoms with E-state index in [0.29, 0.717) is 11.8 Å². The van der Waals surface area contributed by atoms with Crippen molar-refractivity contribution in [2.24, 2.45) is 0 Å². The number of methoxy groups -OCH3 is 1. The summed E-state index contributed by atoms with van der Waals surface area (Å²) in [4.78, 5) is 6.59. The van der Waals surface area contributed by atoms with Gasteiger partial charge >= 0.3 is 6.01 Å². The Morgan fingerprint density at radius 1 is 1.14 bits per heavy atom. The summed E-state index contributed by atoms with van der Waals surface area (Å²) in [5, 5.41) is 4.10. The molecule has 2 aromatic carbocycles. The van der Waals surface area contributed by atoms with Crippen molar-refractivity contribution >= 4 is 11.7 Å². The van der Waals surface area contributed by atoms with Crippen LogP contribution in [0.2, 0.25) is 0 Å². The monoisotopic (exact) mass is 293 g/mol. The summed E-state index contributed by atoms with van der Waals surface area (Å²) < 4.78 is 10.7. The van der Waals surface area contributed by atoms with E-state index in [4.69, 9.17) is 9.26 Å². The predicted octanol–water partition coefficient (Wildman–Crippen LogP) is 3.44. The van der Waals surface area contributed by atoms with Crippen molar-refractivity contribution in [3.8, 4) is 17.1 Å². The average molecular weight is 293 g/mol. The van der Waals surface area contributed by atoms with Crippen molar-refractivity contribution in [2.75, 3.05) is 18.6 Å². The van der Waals surface area contributed by atoms with Gasteiger partial charge in [-0.3, -0.25) is 4.90 Å². The van der Waals surface area contributed by atoms with Crippen LogP contribution in [0.15, 0.2) is 53.1 Å². The molecule has 0 aliphatic carbocycles.